The van der Waals surface area contributed by atoms with Gasteiger partial charge in [-0.2, -0.15) is 0 Å². The molecule has 0 aliphatic carbocycles. The highest BCUT2D eigenvalue weighted by Gasteiger charge is 2.18. The fourth-order valence-corrected chi connectivity index (χ4v) is 2.22. The Balaban J connectivity index is 1.88. The Bertz CT molecular complexity index is 440. The Hall–Kier alpha value is -1.24. The molecule has 5 nitrogen and oxygen atoms in total. The van der Waals surface area contributed by atoms with Gasteiger partial charge in [-0.1, -0.05) is 19.1 Å². The van der Waals surface area contributed by atoms with Crippen LogP contribution in [0.1, 0.15) is 12.5 Å². The van der Waals surface area contributed by atoms with Crippen molar-refractivity contribution in [1.82, 2.24) is 9.88 Å². The van der Waals surface area contributed by atoms with Gasteiger partial charge in [0.2, 0.25) is 0 Å². The first kappa shape index (κ1) is 14.2. The van der Waals surface area contributed by atoms with Crippen molar-refractivity contribution in [2.45, 2.75) is 13.0 Å². The second-order valence-electron chi connectivity index (χ2n) is 4.56. The van der Waals surface area contributed by atoms with Crippen molar-refractivity contribution in [1.29, 1.82) is 0 Å². The third kappa shape index (κ3) is 4.12. The van der Waals surface area contributed by atoms with Crippen molar-refractivity contribution in [3.05, 3.63) is 23.9 Å². The molecule has 0 radical (unpaired) electrons. The summed E-state index contributed by atoms with van der Waals surface area (Å²) in [6.45, 7) is 6.74. The fraction of sp³-hybridized carbons (Fsp3) is 0.538. The SMILES string of the molecule is CCN1CCOC(CNc2cc(C(N)=S)ccn2)C1. The van der Waals surface area contributed by atoms with E-state index in [4.69, 9.17) is 22.7 Å². The van der Waals surface area contributed by atoms with Crippen LogP contribution in [-0.2, 0) is 4.74 Å². The number of aromatic nitrogens is 1. The molecule has 1 atom stereocenters. The molecule has 1 aromatic heterocycles. The third-order valence-electron chi connectivity index (χ3n) is 3.23. The summed E-state index contributed by atoms with van der Waals surface area (Å²) in [6.07, 6.45) is 1.90. The third-order valence-corrected chi connectivity index (χ3v) is 3.46. The Morgan fingerprint density at radius 2 is 2.53 bits per heavy atom. The predicted octanol–water partition coefficient (Wildman–Crippen LogP) is 0.848. The molecule has 0 amide bonds. The lowest BCUT2D eigenvalue weighted by molar-refractivity contribution is -0.0192. The van der Waals surface area contributed by atoms with Gasteiger partial charge in [-0.05, 0) is 18.7 Å². The van der Waals surface area contributed by atoms with Gasteiger partial charge in [-0.15, -0.1) is 0 Å². The number of nitrogens with zero attached hydrogens (tertiary/aromatic N) is 2. The van der Waals surface area contributed by atoms with E-state index in [2.05, 4.69) is 22.1 Å². The molecule has 3 N–H and O–H groups in total. The van der Waals surface area contributed by atoms with Crippen LogP contribution in [0.25, 0.3) is 0 Å². The van der Waals surface area contributed by atoms with Gasteiger partial charge in [0.25, 0.3) is 0 Å². The number of rotatable bonds is 5. The second kappa shape index (κ2) is 6.79. The number of hydrogen-bond donors (Lipinski definition) is 2. The van der Waals surface area contributed by atoms with Crippen LogP contribution in [0.2, 0.25) is 0 Å². The summed E-state index contributed by atoms with van der Waals surface area (Å²) >= 11 is 4.95. The zero-order valence-electron chi connectivity index (χ0n) is 11.1. The molecule has 0 saturated carbocycles. The van der Waals surface area contributed by atoms with Crippen molar-refractivity contribution in [3.63, 3.8) is 0 Å². The Labute approximate surface area is 119 Å². The van der Waals surface area contributed by atoms with Crippen molar-refractivity contribution in [3.8, 4) is 0 Å². The van der Waals surface area contributed by atoms with Gasteiger partial charge >= 0.3 is 0 Å². The molecular formula is C13H20N4OS. The molecule has 2 heterocycles. The number of likely N-dealkylation sites (N-methyl/N-ethyl adjacent to an activating group) is 1. The lowest BCUT2D eigenvalue weighted by Crippen LogP contribution is -2.45. The first-order chi connectivity index (χ1) is 9.19. The Morgan fingerprint density at radius 1 is 1.68 bits per heavy atom. The first-order valence-corrected chi connectivity index (χ1v) is 6.93. The molecule has 1 saturated heterocycles. The van der Waals surface area contributed by atoms with Gasteiger partial charge in [-0.25, -0.2) is 4.98 Å². The maximum absolute atomic E-state index is 5.73. The smallest absolute Gasteiger partial charge is 0.126 e. The summed E-state index contributed by atoms with van der Waals surface area (Å²) < 4.78 is 5.73. The lowest BCUT2D eigenvalue weighted by Gasteiger charge is -2.32. The van der Waals surface area contributed by atoms with E-state index in [-0.39, 0.29) is 6.10 Å². The first-order valence-electron chi connectivity index (χ1n) is 6.52. The minimum Gasteiger partial charge on any atom is -0.389 e. The van der Waals surface area contributed by atoms with E-state index in [1.54, 1.807) is 6.20 Å². The van der Waals surface area contributed by atoms with Crippen LogP contribution in [0.15, 0.2) is 18.3 Å². The molecule has 2 rings (SSSR count). The second-order valence-corrected chi connectivity index (χ2v) is 5.00. The zero-order valence-corrected chi connectivity index (χ0v) is 11.9. The van der Waals surface area contributed by atoms with E-state index in [1.807, 2.05) is 12.1 Å². The number of pyridine rings is 1. The molecule has 19 heavy (non-hydrogen) atoms. The molecule has 1 fully saturated rings. The highest BCUT2D eigenvalue weighted by atomic mass is 32.1. The number of morpholine rings is 1. The normalized spacial score (nSPS) is 20.2. The van der Waals surface area contributed by atoms with E-state index in [1.165, 1.54) is 0 Å². The van der Waals surface area contributed by atoms with Gasteiger partial charge in [0, 0.05) is 31.4 Å². The fourth-order valence-electron chi connectivity index (χ4n) is 2.09. The number of anilines is 1. The monoisotopic (exact) mass is 280 g/mol. The van der Waals surface area contributed by atoms with E-state index >= 15 is 0 Å². The molecular weight excluding hydrogens is 260 g/mol. The molecule has 1 unspecified atom stereocenters. The van der Waals surface area contributed by atoms with E-state index in [0.29, 0.717) is 4.99 Å². The highest BCUT2D eigenvalue weighted by molar-refractivity contribution is 7.80. The van der Waals surface area contributed by atoms with E-state index < -0.39 is 0 Å². The van der Waals surface area contributed by atoms with E-state index in [0.717, 1.165) is 44.2 Å². The van der Waals surface area contributed by atoms with Gasteiger partial charge in [0.05, 0.1) is 12.7 Å². The number of nitrogens with one attached hydrogen (secondary N) is 1. The number of thiocarbonyl (C=S) groups is 1. The van der Waals surface area contributed by atoms with Crippen LogP contribution >= 0.6 is 12.2 Å². The van der Waals surface area contributed by atoms with Crippen LogP contribution in [0.4, 0.5) is 5.82 Å². The van der Waals surface area contributed by atoms with Crippen LogP contribution in [-0.4, -0.2) is 53.8 Å². The number of hydrogen-bond acceptors (Lipinski definition) is 5. The topological polar surface area (TPSA) is 63.4 Å². The average molecular weight is 280 g/mol. The Morgan fingerprint density at radius 3 is 3.26 bits per heavy atom. The summed E-state index contributed by atoms with van der Waals surface area (Å²) in [4.78, 5) is 7.02. The maximum Gasteiger partial charge on any atom is 0.126 e. The summed E-state index contributed by atoms with van der Waals surface area (Å²) in [7, 11) is 0. The largest absolute Gasteiger partial charge is 0.389 e. The maximum atomic E-state index is 5.73. The molecule has 0 spiro atoms. The Kier molecular flexibility index (Phi) is 5.07. The zero-order chi connectivity index (χ0) is 13.7. The summed E-state index contributed by atoms with van der Waals surface area (Å²) in [5, 5.41) is 3.28. The molecule has 0 bridgehead atoms. The van der Waals surface area contributed by atoms with Crippen LogP contribution in [0.3, 0.4) is 0 Å². The minimum atomic E-state index is 0.198. The molecule has 6 heteroatoms. The van der Waals surface area contributed by atoms with Crippen LogP contribution in [0.5, 0.6) is 0 Å². The van der Waals surface area contributed by atoms with Gasteiger partial charge < -0.3 is 15.8 Å². The van der Waals surface area contributed by atoms with Crippen molar-refractivity contribution >= 4 is 23.0 Å². The quantitative estimate of drug-likeness (QED) is 0.780. The van der Waals surface area contributed by atoms with Crippen LogP contribution in [0, 0.1) is 0 Å². The number of ether oxygens (including phenoxy) is 1. The summed E-state index contributed by atoms with van der Waals surface area (Å²) in [5.74, 6) is 0.780. The molecule has 104 valence electrons. The number of nitrogens with two attached hydrogens (primary N) is 1. The standard InChI is InChI=1S/C13H20N4OS/c1-2-17-5-6-18-11(9-17)8-16-12-7-10(13(14)19)3-4-15-12/h3-4,7,11H,2,5-6,8-9H2,1H3,(H2,14,19)(H,15,16). The summed E-state index contributed by atoms with van der Waals surface area (Å²) in [6, 6.07) is 3.67. The molecule has 1 aromatic rings. The van der Waals surface area contributed by atoms with Crippen molar-refractivity contribution < 1.29 is 4.74 Å². The van der Waals surface area contributed by atoms with Gasteiger partial charge in [-0.3, -0.25) is 4.90 Å². The van der Waals surface area contributed by atoms with E-state index in [9.17, 15) is 0 Å². The van der Waals surface area contributed by atoms with Gasteiger partial charge in [0.15, 0.2) is 0 Å². The predicted molar refractivity (Wildman–Crippen MR) is 80.5 cm³/mol. The van der Waals surface area contributed by atoms with Crippen LogP contribution < -0.4 is 11.1 Å². The van der Waals surface area contributed by atoms with Crippen molar-refractivity contribution in [2.24, 2.45) is 5.73 Å². The highest BCUT2D eigenvalue weighted by Crippen LogP contribution is 2.09. The average Bonchev–Trinajstić information content (AvgIpc) is 2.45. The molecule has 1 aliphatic heterocycles. The lowest BCUT2D eigenvalue weighted by atomic mass is 10.2. The molecule has 0 aromatic carbocycles. The van der Waals surface area contributed by atoms with Gasteiger partial charge in [0.1, 0.15) is 10.8 Å². The minimum absolute atomic E-state index is 0.198. The molecule has 1 aliphatic rings. The van der Waals surface area contributed by atoms with Crippen molar-refractivity contribution in [2.75, 3.05) is 38.1 Å². The summed E-state index contributed by atoms with van der Waals surface area (Å²) in [5.41, 5.74) is 6.43.